The van der Waals surface area contributed by atoms with Gasteiger partial charge in [0, 0.05) is 12.9 Å². The summed E-state index contributed by atoms with van der Waals surface area (Å²) in [5, 5.41) is 0. The van der Waals surface area contributed by atoms with Gasteiger partial charge in [0.1, 0.15) is 0 Å². The number of benzene rings is 2. The summed E-state index contributed by atoms with van der Waals surface area (Å²) < 4.78 is 28.2. The SMILES string of the molecule is Fc1ccc(CC(Br)c2cc(I)ccc2Br)cc1F. The Labute approximate surface area is 141 Å². The summed E-state index contributed by atoms with van der Waals surface area (Å²) in [5.41, 5.74) is 1.85. The molecule has 0 saturated carbocycles. The van der Waals surface area contributed by atoms with Crippen molar-refractivity contribution in [3.63, 3.8) is 0 Å². The molecular formula is C14H9Br2F2I. The largest absolute Gasteiger partial charge is 0.204 e. The van der Waals surface area contributed by atoms with Crippen molar-refractivity contribution in [3.05, 3.63) is 67.2 Å². The predicted octanol–water partition coefficient (Wildman–Crippen LogP) is 6.01. The van der Waals surface area contributed by atoms with Gasteiger partial charge in [0.15, 0.2) is 11.6 Å². The summed E-state index contributed by atoms with van der Waals surface area (Å²) in [5.74, 6) is -1.62. The molecule has 100 valence electrons. The number of rotatable bonds is 3. The maximum absolute atomic E-state index is 13.2. The molecule has 0 aliphatic heterocycles. The van der Waals surface area contributed by atoms with Crippen molar-refractivity contribution >= 4 is 54.5 Å². The molecule has 0 aliphatic carbocycles. The third kappa shape index (κ3) is 3.98. The predicted molar refractivity (Wildman–Crippen MR) is 88.6 cm³/mol. The van der Waals surface area contributed by atoms with Gasteiger partial charge in [-0.15, -0.1) is 0 Å². The number of alkyl halides is 1. The van der Waals surface area contributed by atoms with E-state index in [1.807, 2.05) is 12.1 Å². The molecule has 0 aromatic heterocycles. The molecule has 0 heterocycles. The fourth-order valence-electron chi connectivity index (χ4n) is 1.74. The Balaban J connectivity index is 2.22. The van der Waals surface area contributed by atoms with Crippen LogP contribution in [0.15, 0.2) is 40.9 Å². The van der Waals surface area contributed by atoms with Crippen molar-refractivity contribution in [1.29, 1.82) is 0 Å². The first-order valence-electron chi connectivity index (χ1n) is 5.50. The number of hydrogen-bond donors (Lipinski definition) is 0. The van der Waals surface area contributed by atoms with E-state index in [0.717, 1.165) is 25.2 Å². The summed E-state index contributed by atoms with van der Waals surface area (Å²) in [7, 11) is 0. The van der Waals surface area contributed by atoms with Crippen LogP contribution in [0.25, 0.3) is 0 Å². The Hall–Kier alpha value is -0.0100. The molecule has 0 fully saturated rings. The molecule has 5 heteroatoms. The number of halogens is 5. The monoisotopic (exact) mass is 500 g/mol. The maximum atomic E-state index is 13.2. The Morgan fingerprint density at radius 2 is 1.79 bits per heavy atom. The van der Waals surface area contributed by atoms with Gasteiger partial charge < -0.3 is 0 Å². The average molecular weight is 502 g/mol. The van der Waals surface area contributed by atoms with Crippen LogP contribution in [0.1, 0.15) is 16.0 Å². The molecule has 0 N–H and O–H groups in total. The maximum Gasteiger partial charge on any atom is 0.159 e. The van der Waals surface area contributed by atoms with Crippen molar-refractivity contribution in [1.82, 2.24) is 0 Å². The minimum atomic E-state index is -0.815. The topological polar surface area (TPSA) is 0 Å². The highest BCUT2D eigenvalue weighted by atomic mass is 127. The van der Waals surface area contributed by atoms with E-state index in [-0.39, 0.29) is 4.83 Å². The van der Waals surface area contributed by atoms with Crippen LogP contribution in [0.3, 0.4) is 0 Å². The Bertz CT molecular complexity index is 602. The highest BCUT2D eigenvalue weighted by molar-refractivity contribution is 14.1. The van der Waals surface area contributed by atoms with E-state index in [9.17, 15) is 8.78 Å². The Kier molecular flexibility index (Phi) is 5.37. The molecule has 1 unspecified atom stereocenters. The van der Waals surface area contributed by atoms with Crippen molar-refractivity contribution < 1.29 is 8.78 Å². The minimum Gasteiger partial charge on any atom is -0.204 e. The lowest BCUT2D eigenvalue weighted by Crippen LogP contribution is -1.98. The average Bonchev–Trinajstić information content (AvgIpc) is 2.36. The fourth-order valence-corrected chi connectivity index (χ4v) is 3.84. The summed E-state index contributed by atoms with van der Waals surface area (Å²) in [4.78, 5) is 0.0430. The van der Waals surface area contributed by atoms with Crippen molar-refractivity contribution in [2.24, 2.45) is 0 Å². The lowest BCUT2D eigenvalue weighted by Gasteiger charge is -2.13. The standard InChI is InChI=1S/C14H9Br2F2I/c15-11-3-2-9(19)7-10(11)12(16)5-8-1-4-13(17)14(18)6-8/h1-4,6-7,12H,5H2. The van der Waals surface area contributed by atoms with E-state index >= 15 is 0 Å². The van der Waals surface area contributed by atoms with Crippen LogP contribution in [0.5, 0.6) is 0 Å². The van der Waals surface area contributed by atoms with E-state index in [4.69, 9.17) is 0 Å². The fraction of sp³-hybridized carbons (Fsp3) is 0.143. The van der Waals surface area contributed by atoms with E-state index < -0.39 is 11.6 Å². The van der Waals surface area contributed by atoms with Gasteiger partial charge in [-0.05, 0) is 70.5 Å². The second kappa shape index (κ2) is 6.63. The molecule has 2 rings (SSSR count). The second-order valence-corrected chi connectivity index (χ2v) is 7.29. The molecule has 0 spiro atoms. The summed E-state index contributed by atoms with van der Waals surface area (Å²) in [6, 6.07) is 10.1. The molecule has 2 aromatic carbocycles. The normalized spacial score (nSPS) is 12.5. The van der Waals surface area contributed by atoms with Crippen LogP contribution in [0.2, 0.25) is 0 Å². The Morgan fingerprint density at radius 3 is 2.47 bits per heavy atom. The van der Waals surface area contributed by atoms with Gasteiger partial charge in [-0.1, -0.05) is 37.9 Å². The first kappa shape index (κ1) is 15.4. The minimum absolute atomic E-state index is 0.0430. The van der Waals surface area contributed by atoms with Gasteiger partial charge in [0.2, 0.25) is 0 Å². The van der Waals surface area contributed by atoms with Gasteiger partial charge in [-0.25, -0.2) is 8.78 Å². The third-order valence-corrected chi connectivity index (χ3v) is 4.90. The molecule has 0 bridgehead atoms. The van der Waals surface area contributed by atoms with E-state index in [1.165, 1.54) is 6.07 Å². The zero-order valence-corrected chi connectivity index (χ0v) is 15.0. The van der Waals surface area contributed by atoms with E-state index in [0.29, 0.717) is 6.42 Å². The molecule has 19 heavy (non-hydrogen) atoms. The van der Waals surface area contributed by atoms with Crippen LogP contribution in [-0.4, -0.2) is 0 Å². The van der Waals surface area contributed by atoms with Gasteiger partial charge in [-0.2, -0.15) is 0 Å². The molecule has 0 nitrogen and oxygen atoms in total. The Morgan fingerprint density at radius 1 is 1.05 bits per heavy atom. The van der Waals surface area contributed by atoms with Gasteiger partial charge >= 0.3 is 0 Å². The van der Waals surface area contributed by atoms with Crippen LogP contribution >= 0.6 is 54.5 Å². The van der Waals surface area contributed by atoms with Crippen molar-refractivity contribution in [3.8, 4) is 0 Å². The van der Waals surface area contributed by atoms with Gasteiger partial charge in [0.05, 0.1) is 0 Å². The third-order valence-electron chi connectivity index (χ3n) is 2.69. The van der Waals surface area contributed by atoms with Crippen molar-refractivity contribution in [2.75, 3.05) is 0 Å². The molecular weight excluding hydrogens is 493 g/mol. The lowest BCUT2D eigenvalue weighted by molar-refractivity contribution is 0.507. The zero-order valence-electron chi connectivity index (χ0n) is 9.64. The molecule has 2 aromatic rings. The first-order valence-corrected chi connectivity index (χ1v) is 8.29. The van der Waals surface area contributed by atoms with Gasteiger partial charge in [-0.3, -0.25) is 0 Å². The lowest BCUT2D eigenvalue weighted by atomic mass is 10.0. The molecule has 1 atom stereocenters. The summed E-state index contributed by atoms with van der Waals surface area (Å²) in [6.45, 7) is 0. The molecule has 0 radical (unpaired) electrons. The van der Waals surface area contributed by atoms with Crippen molar-refractivity contribution in [2.45, 2.75) is 11.2 Å². The summed E-state index contributed by atoms with van der Waals surface area (Å²) in [6.07, 6.45) is 0.593. The van der Waals surface area contributed by atoms with Crippen LogP contribution in [0.4, 0.5) is 8.78 Å². The first-order chi connectivity index (χ1) is 8.97. The van der Waals surface area contributed by atoms with Crippen LogP contribution in [-0.2, 0) is 6.42 Å². The molecule has 0 amide bonds. The highest BCUT2D eigenvalue weighted by Gasteiger charge is 2.13. The number of hydrogen-bond acceptors (Lipinski definition) is 0. The molecule has 0 saturated heterocycles. The van der Waals surface area contributed by atoms with Gasteiger partial charge in [0.25, 0.3) is 0 Å². The highest BCUT2D eigenvalue weighted by Crippen LogP contribution is 2.33. The van der Waals surface area contributed by atoms with E-state index in [1.54, 1.807) is 6.07 Å². The van der Waals surface area contributed by atoms with Crippen LogP contribution < -0.4 is 0 Å². The smallest absolute Gasteiger partial charge is 0.159 e. The quantitative estimate of drug-likeness (QED) is 0.357. The summed E-state index contributed by atoms with van der Waals surface area (Å²) >= 11 is 9.35. The van der Waals surface area contributed by atoms with E-state index in [2.05, 4.69) is 60.5 Å². The second-order valence-electron chi connectivity index (χ2n) is 4.09. The molecule has 0 aliphatic rings. The van der Waals surface area contributed by atoms with Crippen LogP contribution in [0, 0.1) is 15.2 Å². The zero-order chi connectivity index (χ0) is 14.0.